The molecule has 2 aromatic rings. The fourth-order valence-corrected chi connectivity index (χ4v) is 4.43. The average molecular weight is 508 g/mol. The molecule has 0 spiro atoms. The minimum Gasteiger partial charge on any atom is -0.489 e. The summed E-state index contributed by atoms with van der Waals surface area (Å²) in [6.07, 6.45) is 5.75. The monoisotopic (exact) mass is 507 g/mol. The molecule has 3 rings (SSSR count). The van der Waals surface area contributed by atoms with Crippen LogP contribution in [-0.4, -0.2) is 29.8 Å². The molecule has 2 aromatic carbocycles. The second kappa shape index (κ2) is 13.3. The summed E-state index contributed by atoms with van der Waals surface area (Å²) >= 11 is 0. The van der Waals surface area contributed by atoms with Crippen LogP contribution in [0.1, 0.15) is 71.4 Å². The Labute approximate surface area is 221 Å². The summed E-state index contributed by atoms with van der Waals surface area (Å²) in [5.74, 6) is 0.998. The van der Waals surface area contributed by atoms with Crippen LogP contribution in [0.4, 0.5) is 4.79 Å². The van der Waals surface area contributed by atoms with E-state index >= 15 is 0 Å². The Kier molecular flexibility index (Phi) is 10.2. The van der Waals surface area contributed by atoms with Crippen molar-refractivity contribution in [2.75, 3.05) is 0 Å². The summed E-state index contributed by atoms with van der Waals surface area (Å²) in [5, 5.41) is 2.90. The Morgan fingerprint density at radius 1 is 1.03 bits per heavy atom. The zero-order valence-corrected chi connectivity index (χ0v) is 22.8. The standard InChI is InChI=1S/C31H41NO5/c1-22-10-9-13-28(18-22)36-29(33)23(2)19-26(32-30(34)37-31(3,4)5)20-24-14-16-27(17-15-24)35-21-25-11-7-6-8-12-25/h6-8,11-12,14-17,19,22,26,28H,9-10,13,18,20-21H2,1-5H3,(H,32,34)/b23-19+/t22-,26-,28+/m1/s1. The molecule has 0 aliphatic heterocycles. The smallest absolute Gasteiger partial charge is 0.408 e. The maximum Gasteiger partial charge on any atom is 0.408 e. The van der Waals surface area contributed by atoms with Crippen molar-refractivity contribution in [1.29, 1.82) is 0 Å². The highest BCUT2D eigenvalue weighted by Gasteiger charge is 2.24. The van der Waals surface area contributed by atoms with E-state index in [4.69, 9.17) is 14.2 Å². The lowest BCUT2D eigenvalue weighted by Gasteiger charge is -2.27. The quantitative estimate of drug-likeness (QED) is 0.299. The molecule has 6 nitrogen and oxygen atoms in total. The zero-order valence-electron chi connectivity index (χ0n) is 22.8. The van der Waals surface area contributed by atoms with Crippen LogP contribution in [-0.2, 0) is 27.3 Å². The molecule has 1 N–H and O–H groups in total. The van der Waals surface area contributed by atoms with Crippen LogP contribution in [0.5, 0.6) is 5.75 Å². The Balaban J connectivity index is 1.66. The van der Waals surface area contributed by atoms with Gasteiger partial charge in [0.05, 0.1) is 6.04 Å². The van der Waals surface area contributed by atoms with Crippen LogP contribution < -0.4 is 10.1 Å². The number of esters is 1. The molecule has 1 aliphatic carbocycles. The lowest BCUT2D eigenvalue weighted by Crippen LogP contribution is -2.39. The first-order valence-corrected chi connectivity index (χ1v) is 13.2. The molecule has 1 aliphatic rings. The molecular weight excluding hydrogens is 466 g/mol. The van der Waals surface area contributed by atoms with Gasteiger partial charge < -0.3 is 19.5 Å². The molecule has 0 unspecified atom stereocenters. The lowest BCUT2D eigenvalue weighted by molar-refractivity contribution is -0.146. The van der Waals surface area contributed by atoms with Gasteiger partial charge in [-0.05, 0) is 82.6 Å². The second-order valence-corrected chi connectivity index (χ2v) is 11.0. The SMILES string of the molecule is C/C(=C\[C@H](Cc1ccc(OCc2ccccc2)cc1)NC(=O)OC(C)(C)C)C(=O)O[C@H]1CCC[C@@H](C)C1. The van der Waals surface area contributed by atoms with Gasteiger partial charge in [-0.2, -0.15) is 0 Å². The van der Waals surface area contributed by atoms with E-state index in [1.54, 1.807) is 13.0 Å². The largest absolute Gasteiger partial charge is 0.489 e. The van der Waals surface area contributed by atoms with Gasteiger partial charge in [0.1, 0.15) is 24.1 Å². The van der Waals surface area contributed by atoms with Crippen molar-refractivity contribution in [3.05, 3.63) is 77.4 Å². The van der Waals surface area contributed by atoms with Crippen molar-refractivity contribution in [2.24, 2.45) is 5.92 Å². The molecule has 6 heteroatoms. The summed E-state index contributed by atoms with van der Waals surface area (Å²) < 4.78 is 17.1. The summed E-state index contributed by atoms with van der Waals surface area (Å²) in [7, 11) is 0. The highest BCUT2D eigenvalue weighted by atomic mass is 16.6. The summed E-state index contributed by atoms with van der Waals surface area (Å²) in [6, 6.07) is 17.3. The van der Waals surface area contributed by atoms with Gasteiger partial charge in [0.15, 0.2) is 0 Å². The van der Waals surface area contributed by atoms with E-state index in [9.17, 15) is 9.59 Å². The number of alkyl carbamates (subject to hydrolysis) is 1. The number of carbonyl (C=O) groups is 2. The third-order valence-corrected chi connectivity index (χ3v) is 6.26. The van der Waals surface area contributed by atoms with Crippen molar-refractivity contribution >= 4 is 12.1 Å². The maximum atomic E-state index is 12.8. The molecule has 1 saturated carbocycles. The van der Waals surface area contributed by atoms with E-state index in [2.05, 4.69) is 12.2 Å². The number of nitrogens with one attached hydrogen (secondary N) is 1. The number of amides is 1. The molecule has 0 saturated heterocycles. The van der Waals surface area contributed by atoms with Gasteiger partial charge in [-0.3, -0.25) is 0 Å². The van der Waals surface area contributed by atoms with Crippen LogP contribution in [0, 0.1) is 5.92 Å². The molecule has 0 aromatic heterocycles. The van der Waals surface area contributed by atoms with Crippen molar-refractivity contribution in [3.8, 4) is 5.75 Å². The maximum absolute atomic E-state index is 12.8. The van der Waals surface area contributed by atoms with Crippen molar-refractivity contribution < 1.29 is 23.8 Å². The number of benzene rings is 2. The van der Waals surface area contributed by atoms with Crippen molar-refractivity contribution in [3.63, 3.8) is 0 Å². The summed E-state index contributed by atoms with van der Waals surface area (Å²) in [5.41, 5.74) is 1.94. The molecule has 3 atom stereocenters. The van der Waals surface area contributed by atoms with Gasteiger partial charge in [-0.15, -0.1) is 0 Å². The van der Waals surface area contributed by atoms with Crippen LogP contribution in [0.15, 0.2) is 66.2 Å². The molecule has 0 heterocycles. The number of ether oxygens (including phenoxy) is 3. The molecule has 37 heavy (non-hydrogen) atoms. The van der Waals surface area contributed by atoms with Gasteiger partial charge in [-0.25, -0.2) is 9.59 Å². The second-order valence-electron chi connectivity index (χ2n) is 11.0. The van der Waals surface area contributed by atoms with Crippen molar-refractivity contribution in [2.45, 2.75) is 91.1 Å². The third kappa shape index (κ3) is 10.3. The first kappa shape index (κ1) is 28.3. The molecule has 0 bridgehead atoms. The molecule has 0 radical (unpaired) electrons. The normalized spacial score (nSPS) is 19.0. The highest BCUT2D eigenvalue weighted by molar-refractivity contribution is 5.88. The number of rotatable bonds is 9. The first-order valence-electron chi connectivity index (χ1n) is 13.2. The Hall–Kier alpha value is -3.28. The van der Waals surface area contributed by atoms with E-state index in [1.807, 2.05) is 75.4 Å². The fourth-order valence-electron chi connectivity index (χ4n) is 4.43. The minimum absolute atomic E-state index is 0.0414. The summed E-state index contributed by atoms with van der Waals surface area (Å²) in [4.78, 5) is 25.3. The van der Waals surface area contributed by atoms with Crippen LogP contribution in [0.3, 0.4) is 0 Å². The third-order valence-electron chi connectivity index (χ3n) is 6.26. The Morgan fingerprint density at radius 2 is 1.73 bits per heavy atom. The van der Waals surface area contributed by atoms with Gasteiger partial charge in [0.2, 0.25) is 0 Å². The zero-order chi connectivity index (χ0) is 26.8. The van der Waals surface area contributed by atoms with Crippen molar-refractivity contribution in [1.82, 2.24) is 5.32 Å². The fraction of sp³-hybridized carbons (Fsp3) is 0.484. The first-order chi connectivity index (χ1) is 17.6. The predicted octanol–water partition coefficient (Wildman–Crippen LogP) is 6.77. The average Bonchev–Trinajstić information content (AvgIpc) is 2.83. The Bertz CT molecular complexity index is 1040. The predicted molar refractivity (Wildman–Crippen MR) is 145 cm³/mol. The van der Waals surface area contributed by atoms with Gasteiger partial charge in [0.25, 0.3) is 0 Å². The van der Waals surface area contributed by atoms with Crippen LogP contribution in [0.2, 0.25) is 0 Å². The molecular formula is C31H41NO5. The van der Waals surface area contributed by atoms with E-state index in [-0.39, 0.29) is 12.1 Å². The lowest BCUT2D eigenvalue weighted by atomic mass is 9.89. The van der Waals surface area contributed by atoms with E-state index in [1.165, 1.54) is 6.42 Å². The topological polar surface area (TPSA) is 73.9 Å². The van der Waals surface area contributed by atoms with Gasteiger partial charge in [-0.1, -0.05) is 61.9 Å². The van der Waals surface area contributed by atoms with Gasteiger partial charge >= 0.3 is 12.1 Å². The van der Waals surface area contributed by atoms with E-state index in [0.717, 1.165) is 36.1 Å². The Morgan fingerprint density at radius 3 is 2.38 bits per heavy atom. The number of carbonyl (C=O) groups excluding carboxylic acids is 2. The highest BCUT2D eigenvalue weighted by Crippen LogP contribution is 2.26. The minimum atomic E-state index is -0.623. The van der Waals surface area contributed by atoms with Crippen LogP contribution >= 0.6 is 0 Å². The molecule has 1 fully saturated rings. The molecule has 1 amide bonds. The van der Waals surface area contributed by atoms with E-state index in [0.29, 0.717) is 24.5 Å². The van der Waals surface area contributed by atoms with Crippen LogP contribution in [0.25, 0.3) is 0 Å². The van der Waals surface area contributed by atoms with Gasteiger partial charge in [0, 0.05) is 5.57 Å². The molecule has 200 valence electrons. The summed E-state index contributed by atoms with van der Waals surface area (Å²) in [6.45, 7) is 9.88. The number of hydrogen-bond donors (Lipinski definition) is 1. The number of hydrogen-bond acceptors (Lipinski definition) is 5. The van der Waals surface area contributed by atoms with E-state index < -0.39 is 17.7 Å².